The fourth-order valence-corrected chi connectivity index (χ4v) is 0.0577. The molecule has 0 atom stereocenters. The fraction of sp³-hybridized carbons (Fsp3) is 0.750. The van der Waals surface area contributed by atoms with Gasteiger partial charge in [-0.05, 0) is 0 Å². The Hall–Kier alpha value is -1.45. The van der Waals surface area contributed by atoms with Gasteiger partial charge < -0.3 is 25.6 Å². The van der Waals surface area contributed by atoms with Gasteiger partial charge in [-0.3, -0.25) is 4.79 Å². The van der Waals surface area contributed by atoms with E-state index < -0.39 is 11.2 Å². The molecule has 0 aromatic carbocycles. The monoisotopic (exact) mass is 201 g/mol. The first-order valence-electron chi connectivity index (χ1n) is 2.77. The van der Waals surface area contributed by atoms with Gasteiger partial charge in [-0.15, -0.1) is 10.1 Å². The van der Waals surface area contributed by atoms with Crippen molar-refractivity contribution in [2.24, 2.45) is 0 Å². The molecular formula is C4H11NO8. The number of carboxylic acid groups (broad SMARTS) is 1. The van der Waals surface area contributed by atoms with E-state index in [-0.39, 0.29) is 19.7 Å². The van der Waals surface area contributed by atoms with Gasteiger partial charge in [-0.25, -0.2) is 0 Å². The van der Waals surface area contributed by atoms with Crippen LogP contribution in [0, 0.1) is 10.1 Å². The summed E-state index contributed by atoms with van der Waals surface area (Å²) >= 11 is 0. The Kier molecular flexibility index (Phi) is 22.8. The van der Waals surface area contributed by atoms with Crippen LogP contribution in [-0.4, -0.2) is 56.5 Å². The summed E-state index contributed by atoms with van der Waals surface area (Å²) in [7, 11) is 0. The van der Waals surface area contributed by atoms with Crippen LogP contribution in [0.5, 0.6) is 0 Å². The second kappa shape index (κ2) is 16.9. The predicted octanol–water partition coefficient (Wildman–Crippen LogP) is -2.31. The van der Waals surface area contributed by atoms with E-state index in [9.17, 15) is 0 Å². The quantitative estimate of drug-likeness (QED) is 0.189. The smallest absolute Gasteiger partial charge is 0.291 e. The number of hydrogen-bond donors (Lipinski definition) is 5. The Morgan fingerprint density at radius 1 is 1.38 bits per heavy atom. The molecule has 0 amide bonds. The van der Waals surface area contributed by atoms with E-state index in [1.807, 2.05) is 0 Å². The first kappa shape index (κ1) is 17.6. The maximum atomic E-state index is 8.36. The predicted molar refractivity (Wildman–Crippen MR) is 37.7 cm³/mol. The Morgan fingerprint density at radius 3 is 1.54 bits per heavy atom. The van der Waals surface area contributed by atoms with Crippen molar-refractivity contribution in [3.05, 3.63) is 10.1 Å². The molecule has 9 heteroatoms. The summed E-state index contributed by atoms with van der Waals surface area (Å²) < 4.78 is 0. The standard InChI is InChI=1S/C3H8O3.CH2O2.HNO3/c4-1-3(6)2-5;2-1-3;2-1(3)4/h3-6H,1-2H2;1H,(H,2,3);(H,2,3,4). The third-order valence-corrected chi connectivity index (χ3v) is 0.421. The molecule has 0 aliphatic carbocycles. The lowest BCUT2D eigenvalue weighted by molar-refractivity contribution is -0.742. The first-order chi connectivity index (χ1) is 5.95. The lowest BCUT2D eigenvalue weighted by Crippen LogP contribution is -2.15. The average molecular weight is 201 g/mol. The number of rotatable bonds is 2. The highest BCUT2D eigenvalue weighted by atomic mass is 16.9. The molecule has 0 aromatic rings. The summed E-state index contributed by atoms with van der Waals surface area (Å²) in [4.78, 5) is 16.7. The molecule has 0 rings (SSSR count). The molecule has 0 aliphatic heterocycles. The highest BCUT2D eigenvalue weighted by Gasteiger charge is 1.93. The summed E-state index contributed by atoms with van der Waals surface area (Å²) in [5.41, 5.74) is 0. The van der Waals surface area contributed by atoms with Gasteiger partial charge in [-0.1, -0.05) is 0 Å². The number of aliphatic hydroxyl groups excluding tert-OH is 3. The summed E-state index contributed by atoms with van der Waals surface area (Å²) in [6, 6.07) is 0. The van der Waals surface area contributed by atoms with Crippen LogP contribution in [0.15, 0.2) is 0 Å². The summed E-state index contributed by atoms with van der Waals surface area (Å²) in [6.07, 6.45) is -0.954. The Bertz CT molecular complexity index is 109. The van der Waals surface area contributed by atoms with Crippen LogP contribution in [0.1, 0.15) is 0 Å². The highest BCUT2D eigenvalue weighted by Crippen LogP contribution is 1.71. The normalized spacial score (nSPS) is 7.38. The molecule has 5 N–H and O–H groups in total. The van der Waals surface area contributed by atoms with Gasteiger partial charge in [0.1, 0.15) is 6.10 Å². The van der Waals surface area contributed by atoms with E-state index in [1.54, 1.807) is 0 Å². The molecule has 13 heavy (non-hydrogen) atoms. The van der Waals surface area contributed by atoms with Crippen LogP contribution in [0.25, 0.3) is 0 Å². The maximum absolute atomic E-state index is 8.36. The van der Waals surface area contributed by atoms with Crippen molar-refractivity contribution in [2.75, 3.05) is 13.2 Å². The van der Waals surface area contributed by atoms with E-state index >= 15 is 0 Å². The third kappa shape index (κ3) is 119. The Balaban J connectivity index is -0.000000125. The van der Waals surface area contributed by atoms with Crippen LogP contribution in [0.3, 0.4) is 0 Å². The number of aliphatic hydroxyl groups is 3. The molecule has 0 radical (unpaired) electrons. The molecule has 0 heterocycles. The van der Waals surface area contributed by atoms with E-state index in [0.29, 0.717) is 0 Å². The molecule has 0 saturated heterocycles. The van der Waals surface area contributed by atoms with E-state index in [1.165, 1.54) is 0 Å². The zero-order valence-corrected chi connectivity index (χ0v) is 6.48. The van der Waals surface area contributed by atoms with E-state index in [2.05, 4.69) is 0 Å². The van der Waals surface area contributed by atoms with Gasteiger partial charge in [0.2, 0.25) is 0 Å². The molecular weight excluding hydrogens is 190 g/mol. The molecule has 0 aromatic heterocycles. The van der Waals surface area contributed by atoms with E-state index in [4.69, 9.17) is 40.5 Å². The van der Waals surface area contributed by atoms with Crippen LogP contribution < -0.4 is 0 Å². The lowest BCUT2D eigenvalue weighted by Gasteiger charge is -1.96. The molecule has 0 fully saturated rings. The van der Waals surface area contributed by atoms with Crippen molar-refractivity contribution in [1.82, 2.24) is 0 Å². The minimum atomic E-state index is -1.50. The molecule has 0 bridgehead atoms. The van der Waals surface area contributed by atoms with Crippen LogP contribution in [0.2, 0.25) is 0 Å². The minimum Gasteiger partial charge on any atom is -0.483 e. The SMILES string of the molecule is O=CO.O=[N+]([O-])O.OCC(O)CO. The van der Waals surface area contributed by atoms with Crippen LogP contribution in [0.4, 0.5) is 0 Å². The van der Waals surface area contributed by atoms with Gasteiger partial charge >= 0.3 is 0 Å². The summed E-state index contributed by atoms with van der Waals surface area (Å²) in [6.45, 7) is -0.979. The van der Waals surface area contributed by atoms with Crippen LogP contribution in [-0.2, 0) is 4.79 Å². The molecule has 0 saturated carbocycles. The molecule has 9 nitrogen and oxygen atoms in total. The zero-order chi connectivity index (χ0) is 11.3. The van der Waals surface area contributed by atoms with E-state index in [0.717, 1.165) is 0 Å². The number of nitrogens with zero attached hydrogens (tertiary/aromatic N) is 1. The van der Waals surface area contributed by atoms with Gasteiger partial charge in [0.05, 0.1) is 13.2 Å². The topological polar surface area (TPSA) is 161 Å². The zero-order valence-electron chi connectivity index (χ0n) is 6.48. The minimum absolute atomic E-state index is 0.250. The van der Waals surface area contributed by atoms with Crippen molar-refractivity contribution < 1.29 is 35.5 Å². The molecule has 0 unspecified atom stereocenters. The number of hydrogen-bond acceptors (Lipinski definition) is 6. The second-order valence-corrected chi connectivity index (χ2v) is 1.36. The molecule has 80 valence electrons. The van der Waals surface area contributed by atoms with Crippen molar-refractivity contribution in [2.45, 2.75) is 6.10 Å². The second-order valence-electron chi connectivity index (χ2n) is 1.36. The maximum Gasteiger partial charge on any atom is 0.291 e. The fourth-order valence-electron chi connectivity index (χ4n) is 0.0577. The van der Waals surface area contributed by atoms with Crippen molar-refractivity contribution in [1.29, 1.82) is 0 Å². The molecule has 0 spiro atoms. The van der Waals surface area contributed by atoms with Gasteiger partial charge in [-0.2, -0.15) is 0 Å². The first-order valence-corrected chi connectivity index (χ1v) is 2.77. The highest BCUT2D eigenvalue weighted by molar-refractivity contribution is 5.32. The van der Waals surface area contributed by atoms with Crippen molar-refractivity contribution in [3.8, 4) is 0 Å². The number of carbonyl (C=O) groups is 1. The van der Waals surface area contributed by atoms with Gasteiger partial charge in [0.15, 0.2) is 0 Å². The molecule has 0 aliphatic rings. The Morgan fingerprint density at radius 2 is 1.54 bits per heavy atom. The largest absolute Gasteiger partial charge is 0.483 e. The Labute approximate surface area is 72.6 Å². The summed E-state index contributed by atoms with van der Waals surface area (Å²) in [5, 5.41) is 44.5. The van der Waals surface area contributed by atoms with Crippen LogP contribution >= 0.6 is 0 Å². The van der Waals surface area contributed by atoms with Gasteiger partial charge in [0, 0.05) is 0 Å². The van der Waals surface area contributed by atoms with Gasteiger partial charge in [0.25, 0.3) is 11.6 Å². The lowest BCUT2D eigenvalue weighted by atomic mass is 10.4. The third-order valence-electron chi connectivity index (χ3n) is 0.421. The average Bonchev–Trinajstić information content (AvgIpc) is 2.03. The van der Waals surface area contributed by atoms with Crippen molar-refractivity contribution >= 4 is 6.47 Å². The summed E-state index contributed by atoms with van der Waals surface area (Å²) in [5.74, 6) is 0. The van der Waals surface area contributed by atoms with Crippen molar-refractivity contribution in [3.63, 3.8) is 0 Å².